The van der Waals surface area contributed by atoms with Crippen molar-refractivity contribution in [1.82, 2.24) is 10.0 Å². The Morgan fingerprint density at radius 2 is 1.79 bits per heavy atom. The molecule has 24 heavy (non-hydrogen) atoms. The molecule has 1 unspecified atom stereocenters. The topological polar surface area (TPSA) is 113 Å². The lowest BCUT2D eigenvalue weighted by Gasteiger charge is -2.17. The smallest absolute Gasteiger partial charge is 0.326 e. The summed E-state index contributed by atoms with van der Waals surface area (Å²) in [4.78, 5) is 23.4. The minimum Gasteiger partial charge on any atom is -0.480 e. The van der Waals surface area contributed by atoms with Crippen LogP contribution in [0.15, 0.2) is 29.2 Å². The van der Waals surface area contributed by atoms with Crippen molar-refractivity contribution in [3.05, 3.63) is 29.8 Å². The molecule has 0 fully saturated rings. The van der Waals surface area contributed by atoms with E-state index >= 15 is 0 Å². The van der Waals surface area contributed by atoms with E-state index in [0.717, 1.165) is 0 Å². The molecule has 1 atom stereocenters. The summed E-state index contributed by atoms with van der Waals surface area (Å²) in [7, 11) is -3.73. The number of amides is 1. The van der Waals surface area contributed by atoms with Crippen molar-refractivity contribution in [3.63, 3.8) is 0 Å². The van der Waals surface area contributed by atoms with E-state index in [2.05, 4.69) is 10.0 Å². The Kier molecular flexibility index (Phi) is 6.92. The highest BCUT2D eigenvalue weighted by atomic mass is 32.2. The van der Waals surface area contributed by atoms with E-state index in [4.69, 9.17) is 0 Å². The molecule has 0 aromatic heterocycles. The number of carbonyl (C=O) groups excluding carboxylic acids is 1. The zero-order valence-electron chi connectivity index (χ0n) is 14.2. The Morgan fingerprint density at radius 3 is 2.29 bits per heavy atom. The van der Waals surface area contributed by atoms with Crippen molar-refractivity contribution < 1.29 is 23.1 Å². The van der Waals surface area contributed by atoms with Gasteiger partial charge in [0.05, 0.1) is 4.90 Å². The molecule has 0 aliphatic heterocycles. The molecule has 1 aromatic carbocycles. The van der Waals surface area contributed by atoms with Gasteiger partial charge in [-0.15, -0.1) is 0 Å². The Hall–Kier alpha value is -1.93. The molecule has 0 aliphatic rings. The van der Waals surface area contributed by atoms with Crippen LogP contribution in [0.3, 0.4) is 0 Å². The van der Waals surface area contributed by atoms with E-state index < -0.39 is 27.9 Å². The number of carboxylic acids is 1. The van der Waals surface area contributed by atoms with Crippen molar-refractivity contribution >= 4 is 21.9 Å². The van der Waals surface area contributed by atoms with Crippen molar-refractivity contribution in [3.8, 4) is 0 Å². The first-order valence-electron chi connectivity index (χ1n) is 7.69. The van der Waals surface area contributed by atoms with Crippen LogP contribution in [0.5, 0.6) is 0 Å². The molecule has 1 rings (SSSR count). The summed E-state index contributed by atoms with van der Waals surface area (Å²) in [5.74, 6) is -1.65. The fourth-order valence-corrected chi connectivity index (χ4v) is 3.41. The van der Waals surface area contributed by atoms with Crippen LogP contribution in [0.4, 0.5) is 0 Å². The summed E-state index contributed by atoms with van der Waals surface area (Å²) in [5, 5.41) is 11.6. The van der Waals surface area contributed by atoms with Crippen molar-refractivity contribution in [1.29, 1.82) is 0 Å². The monoisotopic (exact) mass is 356 g/mol. The lowest BCUT2D eigenvalue weighted by molar-refractivity contribution is -0.139. The summed E-state index contributed by atoms with van der Waals surface area (Å²) in [6.07, 6.45) is 0.286. The SMILES string of the molecule is CC(C)CC(NC(=O)c1cccc(S(=O)(=O)NC(C)C)c1)C(=O)O. The summed E-state index contributed by atoms with van der Waals surface area (Å²) in [5.41, 5.74) is 0.0941. The van der Waals surface area contributed by atoms with Crippen molar-refractivity contribution in [2.24, 2.45) is 5.92 Å². The molecular formula is C16H24N2O5S. The number of aliphatic carboxylic acids is 1. The maximum absolute atomic E-state index is 12.3. The first-order valence-corrected chi connectivity index (χ1v) is 9.17. The highest BCUT2D eigenvalue weighted by Crippen LogP contribution is 2.13. The molecule has 0 bridgehead atoms. The van der Waals surface area contributed by atoms with Crippen LogP contribution in [0.2, 0.25) is 0 Å². The van der Waals surface area contributed by atoms with E-state index in [1.54, 1.807) is 13.8 Å². The molecule has 0 spiro atoms. The zero-order chi connectivity index (χ0) is 18.5. The van der Waals surface area contributed by atoms with E-state index in [0.29, 0.717) is 0 Å². The van der Waals surface area contributed by atoms with E-state index in [9.17, 15) is 23.1 Å². The predicted molar refractivity (Wildman–Crippen MR) is 90.2 cm³/mol. The number of sulfonamides is 1. The van der Waals surface area contributed by atoms with Gasteiger partial charge in [-0.2, -0.15) is 0 Å². The second-order valence-electron chi connectivity index (χ2n) is 6.30. The van der Waals surface area contributed by atoms with Gasteiger partial charge >= 0.3 is 5.97 Å². The molecular weight excluding hydrogens is 332 g/mol. The van der Waals surface area contributed by atoms with Crippen LogP contribution in [-0.4, -0.2) is 37.5 Å². The third-order valence-corrected chi connectivity index (χ3v) is 4.76. The summed E-state index contributed by atoms with van der Waals surface area (Å²) in [6, 6.07) is 4.19. The number of benzene rings is 1. The van der Waals surface area contributed by atoms with Gasteiger partial charge in [0.15, 0.2) is 0 Å². The minimum atomic E-state index is -3.73. The molecule has 0 heterocycles. The fourth-order valence-electron chi connectivity index (χ4n) is 2.12. The molecule has 1 aromatic rings. The van der Waals surface area contributed by atoms with Gasteiger partial charge in [-0.3, -0.25) is 4.79 Å². The fraction of sp³-hybridized carbons (Fsp3) is 0.500. The molecule has 7 nitrogen and oxygen atoms in total. The molecule has 0 saturated carbocycles. The highest BCUT2D eigenvalue weighted by molar-refractivity contribution is 7.89. The average Bonchev–Trinajstić information content (AvgIpc) is 2.44. The Bertz CT molecular complexity index is 698. The van der Waals surface area contributed by atoms with Crippen LogP contribution in [0.1, 0.15) is 44.5 Å². The first-order chi connectivity index (χ1) is 11.0. The van der Waals surface area contributed by atoms with E-state index in [-0.39, 0.29) is 28.8 Å². The van der Waals surface area contributed by atoms with Gasteiger partial charge in [0.2, 0.25) is 10.0 Å². The van der Waals surface area contributed by atoms with Crippen molar-refractivity contribution in [2.75, 3.05) is 0 Å². The van der Waals surface area contributed by atoms with Gasteiger partial charge in [0, 0.05) is 11.6 Å². The second-order valence-corrected chi connectivity index (χ2v) is 8.01. The zero-order valence-corrected chi connectivity index (χ0v) is 15.1. The average molecular weight is 356 g/mol. The largest absolute Gasteiger partial charge is 0.480 e. The van der Waals surface area contributed by atoms with Crippen LogP contribution < -0.4 is 10.0 Å². The van der Waals surface area contributed by atoms with Crippen molar-refractivity contribution in [2.45, 2.75) is 51.1 Å². The number of nitrogens with one attached hydrogen (secondary N) is 2. The number of hydrogen-bond donors (Lipinski definition) is 3. The lowest BCUT2D eigenvalue weighted by atomic mass is 10.0. The number of carboxylic acid groups (broad SMARTS) is 1. The van der Waals surface area contributed by atoms with Gasteiger partial charge in [-0.25, -0.2) is 17.9 Å². The predicted octanol–water partition coefficient (Wildman–Crippen LogP) is 1.60. The minimum absolute atomic E-state index is 0.0421. The quantitative estimate of drug-likeness (QED) is 0.655. The second kappa shape index (κ2) is 8.25. The normalized spacial score (nSPS) is 13.1. The van der Waals surface area contributed by atoms with Gasteiger partial charge in [0.25, 0.3) is 5.91 Å². The van der Waals surface area contributed by atoms with E-state index in [1.165, 1.54) is 24.3 Å². The summed E-state index contributed by atoms with van der Waals surface area (Å²) in [6.45, 7) is 7.09. The van der Waals surface area contributed by atoms with Crippen LogP contribution in [0.25, 0.3) is 0 Å². The Labute approximate surface area is 142 Å². The highest BCUT2D eigenvalue weighted by Gasteiger charge is 2.23. The third kappa shape index (κ3) is 5.93. The summed E-state index contributed by atoms with van der Waals surface area (Å²) < 4.78 is 26.7. The molecule has 0 aliphatic carbocycles. The van der Waals surface area contributed by atoms with Crippen LogP contribution in [-0.2, 0) is 14.8 Å². The lowest BCUT2D eigenvalue weighted by Crippen LogP contribution is -2.41. The van der Waals surface area contributed by atoms with Gasteiger partial charge in [0.1, 0.15) is 6.04 Å². The molecule has 0 saturated heterocycles. The van der Waals surface area contributed by atoms with Crippen LogP contribution in [0, 0.1) is 5.92 Å². The van der Waals surface area contributed by atoms with Crippen LogP contribution >= 0.6 is 0 Å². The van der Waals surface area contributed by atoms with E-state index in [1.807, 2.05) is 13.8 Å². The first kappa shape index (κ1) is 20.1. The number of carbonyl (C=O) groups is 2. The standard InChI is InChI=1S/C16H24N2O5S/c1-10(2)8-14(16(20)21)17-15(19)12-6-5-7-13(9-12)24(22,23)18-11(3)4/h5-7,9-11,14,18H,8H2,1-4H3,(H,17,19)(H,20,21). The summed E-state index contributed by atoms with van der Waals surface area (Å²) >= 11 is 0. The molecule has 3 N–H and O–H groups in total. The number of hydrogen-bond acceptors (Lipinski definition) is 4. The Balaban J connectivity index is 3.00. The maximum Gasteiger partial charge on any atom is 0.326 e. The van der Waals surface area contributed by atoms with Gasteiger partial charge in [-0.05, 0) is 44.4 Å². The molecule has 8 heteroatoms. The molecule has 1 amide bonds. The molecule has 0 radical (unpaired) electrons. The van der Waals surface area contributed by atoms with Gasteiger partial charge < -0.3 is 10.4 Å². The van der Waals surface area contributed by atoms with Gasteiger partial charge in [-0.1, -0.05) is 19.9 Å². The maximum atomic E-state index is 12.3. The number of rotatable bonds is 8. The Morgan fingerprint density at radius 1 is 1.17 bits per heavy atom. The third-order valence-electron chi connectivity index (χ3n) is 3.11. The molecule has 134 valence electrons.